The Balaban J connectivity index is 1.64. The van der Waals surface area contributed by atoms with E-state index in [1.54, 1.807) is 17.9 Å². The molecule has 0 saturated heterocycles. The Morgan fingerprint density at radius 2 is 2.06 bits per heavy atom. The quantitative estimate of drug-likeness (QED) is 0.593. The molecule has 3 aromatic rings. The van der Waals surface area contributed by atoms with E-state index in [9.17, 15) is 9.59 Å². The van der Waals surface area contributed by atoms with Crippen LogP contribution in [-0.2, 0) is 20.9 Å². The SMILES string of the molecule is COCc1nn2c(c1-c1cccc(Cl)c1)NC(=O)C2CC(=O)Nc1cc(C)ccc1C. The van der Waals surface area contributed by atoms with Crippen LogP contribution in [0.5, 0.6) is 0 Å². The van der Waals surface area contributed by atoms with Crippen LogP contribution in [0.2, 0.25) is 5.02 Å². The number of hydrogen-bond acceptors (Lipinski definition) is 4. The summed E-state index contributed by atoms with van der Waals surface area (Å²) in [7, 11) is 1.58. The normalized spacial score (nSPS) is 15.0. The van der Waals surface area contributed by atoms with Crippen molar-refractivity contribution < 1.29 is 14.3 Å². The highest BCUT2D eigenvalue weighted by Gasteiger charge is 2.37. The second-order valence-corrected chi connectivity index (χ2v) is 8.07. The van der Waals surface area contributed by atoms with Crippen LogP contribution in [0.15, 0.2) is 42.5 Å². The summed E-state index contributed by atoms with van der Waals surface area (Å²) in [6, 6.07) is 12.4. The van der Waals surface area contributed by atoms with Crippen LogP contribution in [0, 0.1) is 13.8 Å². The first-order valence-corrected chi connectivity index (χ1v) is 10.3. The highest BCUT2D eigenvalue weighted by Crippen LogP contribution is 2.39. The zero-order chi connectivity index (χ0) is 22.1. The van der Waals surface area contributed by atoms with Crippen molar-refractivity contribution in [3.05, 3.63) is 64.3 Å². The summed E-state index contributed by atoms with van der Waals surface area (Å²) >= 11 is 6.17. The molecule has 0 radical (unpaired) electrons. The Bertz CT molecular complexity index is 1170. The van der Waals surface area contributed by atoms with Crippen LogP contribution in [-0.4, -0.2) is 28.7 Å². The minimum absolute atomic E-state index is 0.0324. The number of carbonyl (C=O) groups excluding carboxylic acids is 2. The second kappa shape index (κ2) is 8.53. The fraction of sp³-hybridized carbons (Fsp3) is 0.261. The maximum absolute atomic E-state index is 12.7. The van der Waals surface area contributed by atoms with E-state index in [1.165, 1.54) is 0 Å². The molecular weight excluding hydrogens is 416 g/mol. The fourth-order valence-corrected chi connectivity index (χ4v) is 3.94. The van der Waals surface area contributed by atoms with Crippen LogP contribution < -0.4 is 10.6 Å². The number of nitrogens with zero attached hydrogens (tertiary/aromatic N) is 2. The van der Waals surface area contributed by atoms with Crippen molar-refractivity contribution in [2.24, 2.45) is 0 Å². The molecule has 2 amide bonds. The van der Waals surface area contributed by atoms with Crippen LogP contribution in [0.4, 0.5) is 11.5 Å². The first kappa shape index (κ1) is 21.1. The zero-order valence-corrected chi connectivity index (χ0v) is 18.3. The molecule has 1 aliphatic heterocycles. The number of ether oxygens (including phenoxy) is 1. The maximum atomic E-state index is 12.7. The second-order valence-electron chi connectivity index (χ2n) is 7.63. The average molecular weight is 439 g/mol. The predicted octanol–water partition coefficient (Wildman–Crippen LogP) is 4.49. The van der Waals surface area contributed by atoms with Gasteiger partial charge >= 0.3 is 0 Å². The smallest absolute Gasteiger partial charge is 0.251 e. The molecule has 2 aromatic carbocycles. The van der Waals surface area contributed by atoms with Gasteiger partial charge in [0.25, 0.3) is 5.91 Å². The monoisotopic (exact) mass is 438 g/mol. The van der Waals surface area contributed by atoms with Crippen molar-refractivity contribution in [3.63, 3.8) is 0 Å². The van der Waals surface area contributed by atoms with Gasteiger partial charge < -0.3 is 15.4 Å². The number of fused-ring (bicyclic) bond motifs is 1. The molecule has 0 aliphatic carbocycles. The van der Waals surface area contributed by atoms with Gasteiger partial charge in [0.15, 0.2) is 0 Å². The molecule has 0 fully saturated rings. The first-order valence-electron chi connectivity index (χ1n) is 9.91. The molecule has 2 N–H and O–H groups in total. The summed E-state index contributed by atoms with van der Waals surface area (Å²) in [6.45, 7) is 4.15. The summed E-state index contributed by atoms with van der Waals surface area (Å²) in [5.41, 5.74) is 4.98. The van der Waals surface area contributed by atoms with Gasteiger partial charge in [-0.15, -0.1) is 0 Å². The first-order chi connectivity index (χ1) is 14.9. The van der Waals surface area contributed by atoms with Gasteiger partial charge in [-0.2, -0.15) is 5.10 Å². The number of hydrogen-bond donors (Lipinski definition) is 2. The lowest BCUT2D eigenvalue weighted by molar-refractivity contribution is -0.123. The van der Waals surface area contributed by atoms with E-state index in [4.69, 9.17) is 16.3 Å². The molecule has 1 atom stereocenters. The Hall–Kier alpha value is -3.16. The molecule has 7 nitrogen and oxygen atoms in total. The van der Waals surface area contributed by atoms with Crippen molar-refractivity contribution in [2.75, 3.05) is 17.7 Å². The van der Waals surface area contributed by atoms with E-state index in [0.717, 1.165) is 27.9 Å². The van der Waals surface area contributed by atoms with E-state index in [1.807, 2.05) is 50.2 Å². The minimum atomic E-state index is -0.747. The van der Waals surface area contributed by atoms with Gasteiger partial charge in [0.2, 0.25) is 5.91 Å². The third kappa shape index (κ3) is 4.19. The third-order valence-electron chi connectivity index (χ3n) is 5.26. The number of aromatic nitrogens is 2. The summed E-state index contributed by atoms with van der Waals surface area (Å²) < 4.78 is 6.88. The van der Waals surface area contributed by atoms with Gasteiger partial charge in [-0.3, -0.25) is 9.59 Å². The van der Waals surface area contributed by atoms with E-state index < -0.39 is 6.04 Å². The molecule has 1 aliphatic rings. The fourth-order valence-electron chi connectivity index (χ4n) is 3.75. The molecule has 1 unspecified atom stereocenters. The molecule has 31 heavy (non-hydrogen) atoms. The summed E-state index contributed by atoms with van der Waals surface area (Å²) in [5.74, 6) is 0.0181. The van der Waals surface area contributed by atoms with Crippen LogP contribution in [0.1, 0.15) is 29.3 Å². The van der Waals surface area contributed by atoms with Crippen molar-refractivity contribution >= 4 is 34.9 Å². The number of benzene rings is 2. The van der Waals surface area contributed by atoms with Crippen molar-refractivity contribution in [2.45, 2.75) is 32.9 Å². The van der Waals surface area contributed by atoms with Crippen molar-refractivity contribution in [1.29, 1.82) is 0 Å². The Kier molecular flexibility index (Phi) is 5.80. The molecule has 160 valence electrons. The lowest BCUT2D eigenvalue weighted by Gasteiger charge is -2.12. The third-order valence-corrected chi connectivity index (χ3v) is 5.50. The molecule has 2 heterocycles. The van der Waals surface area contributed by atoms with Crippen LogP contribution in [0.3, 0.4) is 0 Å². The predicted molar refractivity (Wildman–Crippen MR) is 120 cm³/mol. The summed E-state index contributed by atoms with van der Waals surface area (Å²) in [6.07, 6.45) is -0.0324. The molecular formula is C23H23ClN4O3. The van der Waals surface area contributed by atoms with Gasteiger partial charge in [-0.1, -0.05) is 35.9 Å². The van der Waals surface area contributed by atoms with Gasteiger partial charge in [0.1, 0.15) is 11.9 Å². The Morgan fingerprint density at radius 3 is 2.81 bits per heavy atom. The Labute approximate surface area is 185 Å². The Morgan fingerprint density at radius 1 is 1.26 bits per heavy atom. The van der Waals surface area contributed by atoms with Crippen LogP contribution in [0.25, 0.3) is 11.1 Å². The maximum Gasteiger partial charge on any atom is 0.251 e. The molecule has 1 aromatic heterocycles. The largest absolute Gasteiger partial charge is 0.378 e. The van der Waals surface area contributed by atoms with Gasteiger partial charge in [-0.25, -0.2) is 4.68 Å². The van der Waals surface area contributed by atoms with E-state index >= 15 is 0 Å². The van der Waals surface area contributed by atoms with Gasteiger partial charge in [0.05, 0.1) is 18.7 Å². The highest BCUT2D eigenvalue weighted by molar-refractivity contribution is 6.30. The topological polar surface area (TPSA) is 85.2 Å². The average Bonchev–Trinajstić information content (AvgIpc) is 3.20. The summed E-state index contributed by atoms with van der Waals surface area (Å²) in [4.78, 5) is 25.5. The minimum Gasteiger partial charge on any atom is -0.378 e. The van der Waals surface area contributed by atoms with Crippen molar-refractivity contribution in [1.82, 2.24) is 9.78 Å². The number of anilines is 2. The lowest BCUT2D eigenvalue weighted by atomic mass is 10.1. The molecule has 4 rings (SSSR count). The van der Waals surface area contributed by atoms with Gasteiger partial charge in [-0.05, 0) is 48.7 Å². The van der Waals surface area contributed by atoms with Crippen LogP contribution >= 0.6 is 11.6 Å². The molecule has 0 bridgehead atoms. The molecule has 0 spiro atoms. The van der Waals surface area contributed by atoms with Gasteiger partial charge in [0, 0.05) is 23.4 Å². The molecule has 8 heteroatoms. The summed E-state index contributed by atoms with van der Waals surface area (Å²) in [5, 5.41) is 11.0. The number of aryl methyl sites for hydroxylation is 2. The van der Waals surface area contributed by atoms with E-state index in [-0.39, 0.29) is 24.8 Å². The number of amides is 2. The number of carbonyl (C=O) groups is 2. The number of halogens is 1. The highest BCUT2D eigenvalue weighted by atomic mass is 35.5. The number of rotatable bonds is 6. The van der Waals surface area contributed by atoms with E-state index in [0.29, 0.717) is 16.5 Å². The lowest BCUT2D eigenvalue weighted by Crippen LogP contribution is -2.24. The van der Waals surface area contributed by atoms with Crippen molar-refractivity contribution in [3.8, 4) is 11.1 Å². The number of methoxy groups -OCH3 is 1. The molecule has 0 saturated carbocycles. The standard InChI is InChI=1S/C23H23ClN4O3/c1-13-7-8-14(2)17(9-13)25-20(29)11-19-23(30)26-22-21(15-5-4-6-16(24)10-15)18(12-31-3)27-28(19)22/h4-10,19H,11-12H2,1-3H3,(H,25,29)(H,26,30). The van der Waals surface area contributed by atoms with E-state index in [2.05, 4.69) is 15.7 Å². The number of nitrogens with one attached hydrogen (secondary N) is 2. The zero-order valence-electron chi connectivity index (χ0n) is 17.5.